The molecule has 1 aromatic rings. The minimum atomic E-state index is 0. The standard InChI is InChI=1S/C15H24N2O2.ClH/c1-4-19-14-8-6-5-7-13(14)9-10-15(18)17-11-12(2)16-3;/h5-8,12,16H,4,9-11H2,1-3H3,(H,17,18);1H. The number of carbonyl (C=O) groups is 1. The molecule has 5 heteroatoms. The molecule has 1 atom stereocenters. The molecule has 0 aliphatic heterocycles. The van der Waals surface area contributed by atoms with E-state index >= 15 is 0 Å². The topological polar surface area (TPSA) is 50.4 Å². The molecular formula is C15H25ClN2O2. The molecule has 114 valence electrons. The van der Waals surface area contributed by atoms with Gasteiger partial charge in [0, 0.05) is 19.0 Å². The van der Waals surface area contributed by atoms with Crippen molar-refractivity contribution in [3.63, 3.8) is 0 Å². The van der Waals surface area contributed by atoms with E-state index in [2.05, 4.69) is 10.6 Å². The molecule has 0 bridgehead atoms. The van der Waals surface area contributed by atoms with Crippen molar-refractivity contribution in [1.82, 2.24) is 10.6 Å². The molecule has 1 rings (SSSR count). The van der Waals surface area contributed by atoms with Gasteiger partial charge in [-0.3, -0.25) is 4.79 Å². The first-order chi connectivity index (χ1) is 9.17. The van der Waals surface area contributed by atoms with E-state index in [1.807, 2.05) is 45.2 Å². The number of para-hydroxylation sites is 1. The first-order valence-corrected chi connectivity index (χ1v) is 6.82. The maximum atomic E-state index is 11.7. The number of hydrogen-bond acceptors (Lipinski definition) is 3. The van der Waals surface area contributed by atoms with E-state index in [4.69, 9.17) is 4.74 Å². The van der Waals surface area contributed by atoms with Crippen molar-refractivity contribution in [2.24, 2.45) is 0 Å². The lowest BCUT2D eigenvalue weighted by molar-refractivity contribution is -0.121. The fourth-order valence-corrected chi connectivity index (χ4v) is 1.71. The van der Waals surface area contributed by atoms with E-state index in [1.165, 1.54) is 0 Å². The van der Waals surface area contributed by atoms with E-state index in [1.54, 1.807) is 0 Å². The molecule has 0 heterocycles. The smallest absolute Gasteiger partial charge is 0.220 e. The van der Waals surface area contributed by atoms with Crippen molar-refractivity contribution in [2.45, 2.75) is 32.7 Å². The highest BCUT2D eigenvalue weighted by molar-refractivity contribution is 5.85. The van der Waals surface area contributed by atoms with Crippen LogP contribution in [0.1, 0.15) is 25.8 Å². The van der Waals surface area contributed by atoms with Crippen LogP contribution in [0.3, 0.4) is 0 Å². The second kappa shape index (κ2) is 10.5. The first kappa shape index (κ1) is 18.7. The minimum Gasteiger partial charge on any atom is -0.494 e. The molecule has 0 aliphatic rings. The number of likely N-dealkylation sites (N-methyl/N-ethyl adjacent to an activating group) is 1. The Kier molecular flexibility index (Phi) is 9.86. The van der Waals surface area contributed by atoms with Gasteiger partial charge in [-0.2, -0.15) is 0 Å². The van der Waals surface area contributed by atoms with Gasteiger partial charge in [-0.1, -0.05) is 18.2 Å². The molecule has 2 N–H and O–H groups in total. The number of amides is 1. The number of nitrogens with one attached hydrogen (secondary N) is 2. The SMILES string of the molecule is CCOc1ccccc1CCC(=O)NCC(C)NC.Cl. The minimum absolute atomic E-state index is 0. The molecule has 0 aliphatic carbocycles. The number of carbonyl (C=O) groups excluding carboxylic acids is 1. The molecule has 0 aromatic heterocycles. The number of aryl methyl sites for hydroxylation is 1. The normalized spacial score (nSPS) is 11.3. The monoisotopic (exact) mass is 300 g/mol. The summed E-state index contributed by atoms with van der Waals surface area (Å²) < 4.78 is 5.54. The van der Waals surface area contributed by atoms with Gasteiger partial charge in [-0.25, -0.2) is 0 Å². The molecule has 1 unspecified atom stereocenters. The fraction of sp³-hybridized carbons (Fsp3) is 0.533. The van der Waals surface area contributed by atoms with Gasteiger partial charge in [0.15, 0.2) is 0 Å². The lowest BCUT2D eigenvalue weighted by atomic mass is 10.1. The predicted octanol–water partition coefficient (Wildman–Crippen LogP) is 2.16. The second-order valence-corrected chi connectivity index (χ2v) is 4.53. The van der Waals surface area contributed by atoms with Crippen molar-refractivity contribution in [1.29, 1.82) is 0 Å². The molecule has 0 saturated heterocycles. The van der Waals surface area contributed by atoms with Crippen LogP contribution in [0.4, 0.5) is 0 Å². The molecule has 4 nitrogen and oxygen atoms in total. The van der Waals surface area contributed by atoms with Crippen LogP contribution in [0.15, 0.2) is 24.3 Å². The number of hydrogen-bond donors (Lipinski definition) is 2. The quantitative estimate of drug-likeness (QED) is 0.773. The third-order valence-electron chi connectivity index (χ3n) is 2.99. The van der Waals surface area contributed by atoms with E-state index < -0.39 is 0 Å². The molecular weight excluding hydrogens is 276 g/mol. The van der Waals surface area contributed by atoms with E-state index in [-0.39, 0.29) is 18.3 Å². The lowest BCUT2D eigenvalue weighted by Gasteiger charge is -2.12. The van der Waals surface area contributed by atoms with Crippen molar-refractivity contribution in [2.75, 3.05) is 20.2 Å². The molecule has 0 fully saturated rings. The van der Waals surface area contributed by atoms with Crippen LogP contribution in [-0.2, 0) is 11.2 Å². The van der Waals surface area contributed by atoms with Gasteiger partial charge in [-0.15, -0.1) is 12.4 Å². The van der Waals surface area contributed by atoms with Gasteiger partial charge in [0.05, 0.1) is 6.61 Å². The summed E-state index contributed by atoms with van der Waals surface area (Å²) in [5.41, 5.74) is 1.08. The number of rotatable bonds is 8. The number of benzene rings is 1. The van der Waals surface area contributed by atoms with Crippen LogP contribution >= 0.6 is 12.4 Å². The zero-order valence-electron chi connectivity index (χ0n) is 12.4. The summed E-state index contributed by atoms with van der Waals surface area (Å²) >= 11 is 0. The molecule has 1 aromatic carbocycles. The number of halogens is 1. The second-order valence-electron chi connectivity index (χ2n) is 4.53. The Morgan fingerprint density at radius 2 is 2.05 bits per heavy atom. The van der Waals surface area contributed by atoms with Crippen LogP contribution in [0.5, 0.6) is 5.75 Å². The maximum Gasteiger partial charge on any atom is 0.220 e. The highest BCUT2D eigenvalue weighted by Gasteiger charge is 2.07. The third-order valence-corrected chi connectivity index (χ3v) is 2.99. The highest BCUT2D eigenvalue weighted by atomic mass is 35.5. The Labute approximate surface area is 127 Å². The number of ether oxygens (including phenoxy) is 1. The first-order valence-electron chi connectivity index (χ1n) is 6.82. The average Bonchev–Trinajstić information content (AvgIpc) is 2.44. The molecule has 1 amide bonds. The van der Waals surface area contributed by atoms with Crippen molar-refractivity contribution in [3.8, 4) is 5.75 Å². The Morgan fingerprint density at radius 1 is 1.35 bits per heavy atom. The Hall–Kier alpha value is -1.26. The molecule has 0 saturated carbocycles. The van der Waals surface area contributed by atoms with E-state index in [9.17, 15) is 4.79 Å². The summed E-state index contributed by atoms with van der Waals surface area (Å²) in [7, 11) is 1.88. The van der Waals surface area contributed by atoms with Crippen molar-refractivity contribution in [3.05, 3.63) is 29.8 Å². The zero-order chi connectivity index (χ0) is 14.1. The van der Waals surface area contributed by atoms with Crippen LogP contribution in [0.2, 0.25) is 0 Å². The summed E-state index contributed by atoms with van der Waals surface area (Å²) in [6, 6.07) is 8.16. The van der Waals surface area contributed by atoms with Crippen LogP contribution in [-0.4, -0.2) is 32.1 Å². The Morgan fingerprint density at radius 3 is 2.70 bits per heavy atom. The van der Waals surface area contributed by atoms with Gasteiger partial charge in [0.25, 0.3) is 0 Å². The van der Waals surface area contributed by atoms with Gasteiger partial charge in [-0.05, 0) is 38.9 Å². The van der Waals surface area contributed by atoms with Crippen LogP contribution in [0.25, 0.3) is 0 Å². The van der Waals surface area contributed by atoms with Gasteiger partial charge < -0.3 is 15.4 Å². The highest BCUT2D eigenvalue weighted by Crippen LogP contribution is 2.19. The Balaban J connectivity index is 0.00000361. The largest absolute Gasteiger partial charge is 0.494 e. The van der Waals surface area contributed by atoms with Gasteiger partial charge >= 0.3 is 0 Å². The summed E-state index contributed by atoms with van der Waals surface area (Å²) in [6.45, 7) is 5.29. The molecule has 0 spiro atoms. The lowest BCUT2D eigenvalue weighted by Crippen LogP contribution is -2.37. The molecule has 0 radical (unpaired) electrons. The van der Waals surface area contributed by atoms with Gasteiger partial charge in [0.1, 0.15) is 5.75 Å². The van der Waals surface area contributed by atoms with E-state index in [0.717, 1.165) is 11.3 Å². The average molecular weight is 301 g/mol. The summed E-state index contributed by atoms with van der Waals surface area (Å²) in [5.74, 6) is 0.954. The Bertz CT molecular complexity index is 399. The zero-order valence-corrected chi connectivity index (χ0v) is 13.3. The maximum absolute atomic E-state index is 11.7. The summed E-state index contributed by atoms with van der Waals surface area (Å²) in [6.07, 6.45) is 1.19. The summed E-state index contributed by atoms with van der Waals surface area (Å²) in [4.78, 5) is 11.7. The third kappa shape index (κ3) is 6.78. The van der Waals surface area contributed by atoms with Crippen LogP contribution < -0.4 is 15.4 Å². The summed E-state index contributed by atoms with van der Waals surface area (Å²) in [5, 5.41) is 6.00. The van der Waals surface area contributed by atoms with Crippen molar-refractivity contribution >= 4 is 18.3 Å². The predicted molar refractivity (Wildman–Crippen MR) is 84.7 cm³/mol. The molecule has 20 heavy (non-hydrogen) atoms. The van der Waals surface area contributed by atoms with E-state index in [0.29, 0.717) is 32.0 Å². The van der Waals surface area contributed by atoms with Crippen LogP contribution in [0, 0.1) is 0 Å². The van der Waals surface area contributed by atoms with Gasteiger partial charge in [0.2, 0.25) is 5.91 Å². The fourth-order valence-electron chi connectivity index (χ4n) is 1.71. The van der Waals surface area contributed by atoms with Crippen molar-refractivity contribution < 1.29 is 9.53 Å².